The molecule has 148 valence electrons. The van der Waals surface area contributed by atoms with Gasteiger partial charge < -0.3 is 14.9 Å². The van der Waals surface area contributed by atoms with E-state index in [2.05, 4.69) is 0 Å². The van der Waals surface area contributed by atoms with Gasteiger partial charge in [-0.15, -0.1) is 11.3 Å². The Bertz CT molecular complexity index is 1270. The lowest BCUT2D eigenvalue weighted by molar-refractivity contribution is -0.131. The van der Waals surface area contributed by atoms with E-state index in [0.717, 1.165) is 38.5 Å². The van der Waals surface area contributed by atoms with E-state index < -0.39 is 5.97 Å². The fourth-order valence-corrected chi connectivity index (χ4v) is 4.29. The van der Waals surface area contributed by atoms with Crippen molar-refractivity contribution >= 4 is 39.8 Å². The molecule has 0 spiro atoms. The second kappa shape index (κ2) is 8.23. The molecule has 30 heavy (non-hydrogen) atoms. The summed E-state index contributed by atoms with van der Waals surface area (Å²) in [6.45, 7) is 0. The molecule has 1 heterocycles. The first kappa shape index (κ1) is 19.4. The number of phenolic OH excluding ortho intramolecular Hbond substituents is 1. The Morgan fingerprint density at radius 1 is 1.00 bits per heavy atom. The number of benzene rings is 3. The molecule has 0 amide bonds. The molecule has 0 fully saturated rings. The molecule has 0 atom stereocenters. The second-order valence-corrected chi connectivity index (χ2v) is 7.54. The second-order valence-electron chi connectivity index (χ2n) is 6.49. The van der Waals surface area contributed by atoms with Crippen LogP contribution in [-0.2, 0) is 4.79 Å². The number of phenols is 1. The van der Waals surface area contributed by atoms with Gasteiger partial charge in [0.25, 0.3) is 0 Å². The Kier molecular flexibility index (Phi) is 5.32. The monoisotopic (exact) mass is 416 g/mol. The van der Waals surface area contributed by atoms with Crippen LogP contribution in [0.4, 0.5) is 0 Å². The number of thiophene rings is 1. The summed E-state index contributed by atoms with van der Waals surface area (Å²) in [7, 11) is 0. The van der Waals surface area contributed by atoms with E-state index in [1.54, 1.807) is 54.6 Å². The van der Waals surface area contributed by atoms with Crippen LogP contribution in [0.25, 0.3) is 26.6 Å². The zero-order valence-corrected chi connectivity index (χ0v) is 16.4. The number of carboxylic acid groups (broad SMARTS) is 1. The van der Waals surface area contributed by atoms with Gasteiger partial charge in [0.2, 0.25) is 0 Å². The Balaban J connectivity index is 1.79. The minimum Gasteiger partial charge on any atom is -0.508 e. The van der Waals surface area contributed by atoms with Crippen LogP contribution >= 0.6 is 11.3 Å². The number of aliphatic carboxylic acids is 1. The standard InChI is InChI=1S/C24H16O5S/c25-14-16-3-1-2-4-19(16)24-23(20-11-8-17(26)13-21(20)30-24)29-18-9-5-15(6-10-18)7-12-22(27)28/h1-14,26H,(H,27,28)/b12-7+. The third-order valence-electron chi connectivity index (χ3n) is 4.48. The summed E-state index contributed by atoms with van der Waals surface area (Å²) < 4.78 is 7.04. The first-order valence-corrected chi connectivity index (χ1v) is 9.86. The van der Waals surface area contributed by atoms with Gasteiger partial charge in [0, 0.05) is 27.3 Å². The highest BCUT2D eigenvalue weighted by Gasteiger charge is 2.18. The van der Waals surface area contributed by atoms with Crippen LogP contribution in [0.1, 0.15) is 15.9 Å². The Hall–Kier alpha value is -3.90. The van der Waals surface area contributed by atoms with Crippen molar-refractivity contribution < 1.29 is 24.5 Å². The highest BCUT2D eigenvalue weighted by Crippen LogP contribution is 2.47. The average Bonchev–Trinajstić information content (AvgIpc) is 3.10. The number of hydrogen-bond acceptors (Lipinski definition) is 5. The highest BCUT2D eigenvalue weighted by atomic mass is 32.1. The average molecular weight is 416 g/mol. The van der Waals surface area contributed by atoms with Crippen LogP contribution in [0.3, 0.4) is 0 Å². The van der Waals surface area contributed by atoms with Crippen molar-refractivity contribution in [1.29, 1.82) is 0 Å². The SMILES string of the molecule is O=Cc1ccccc1-c1sc2cc(O)ccc2c1Oc1ccc(/C=C/C(=O)O)cc1. The fraction of sp³-hybridized carbons (Fsp3) is 0. The maximum absolute atomic E-state index is 11.6. The van der Waals surface area contributed by atoms with Crippen molar-refractivity contribution in [3.05, 3.63) is 83.9 Å². The normalized spacial score (nSPS) is 11.1. The topological polar surface area (TPSA) is 83.8 Å². The summed E-state index contributed by atoms with van der Waals surface area (Å²) in [6.07, 6.45) is 3.38. The largest absolute Gasteiger partial charge is 0.508 e. The van der Waals surface area contributed by atoms with E-state index in [1.165, 1.54) is 17.4 Å². The van der Waals surface area contributed by atoms with Gasteiger partial charge in [-0.2, -0.15) is 0 Å². The van der Waals surface area contributed by atoms with Crippen molar-refractivity contribution in [2.24, 2.45) is 0 Å². The first-order chi connectivity index (χ1) is 14.5. The number of carboxylic acids is 1. The number of fused-ring (bicyclic) bond motifs is 1. The summed E-state index contributed by atoms with van der Waals surface area (Å²) >= 11 is 1.43. The molecule has 6 heteroatoms. The van der Waals surface area contributed by atoms with Crippen molar-refractivity contribution in [1.82, 2.24) is 0 Å². The zero-order valence-electron chi connectivity index (χ0n) is 15.6. The summed E-state index contributed by atoms with van der Waals surface area (Å²) in [5.41, 5.74) is 2.04. The number of hydrogen-bond donors (Lipinski definition) is 2. The van der Waals surface area contributed by atoms with Crippen molar-refractivity contribution in [3.63, 3.8) is 0 Å². The van der Waals surface area contributed by atoms with Crippen molar-refractivity contribution in [3.8, 4) is 27.7 Å². The van der Waals surface area contributed by atoms with E-state index in [1.807, 2.05) is 12.1 Å². The zero-order chi connectivity index (χ0) is 21.1. The molecule has 1 aromatic heterocycles. The fourth-order valence-electron chi connectivity index (χ4n) is 3.08. The third kappa shape index (κ3) is 3.94. The molecule has 0 radical (unpaired) electrons. The van der Waals surface area contributed by atoms with Gasteiger partial charge in [-0.3, -0.25) is 4.79 Å². The van der Waals surface area contributed by atoms with Gasteiger partial charge in [-0.1, -0.05) is 36.4 Å². The Labute approximate surface area is 176 Å². The smallest absolute Gasteiger partial charge is 0.328 e. The van der Waals surface area contributed by atoms with E-state index in [0.29, 0.717) is 17.1 Å². The van der Waals surface area contributed by atoms with E-state index in [9.17, 15) is 14.7 Å². The quantitative estimate of drug-likeness (QED) is 0.299. The van der Waals surface area contributed by atoms with Gasteiger partial charge >= 0.3 is 5.97 Å². The van der Waals surface area contributed by atoms with Crippen LogP contribution in [-0.4, -0.2) is 22.5 Å². The van der Waals surface area contributed by atoms with Crippen molar-refractivity contribution in [2.45, 2.75) is 0 Å². The van der Waals surface area contributed by atoms with Crippen molar-refractivity contribution in [2.75, 3.05) is 0 Å². The molecular weight excluding hydrogens is 400 g/mol. The summed E-state index contributed by atoms with van der Waals surface area (Å²) in [4.78, 5) is 23.0. The molecular formula is C24H16O5S. The molecule has 0 bridgehead atoms. The van der Waals surface area contributed by atoms with Crippen LogP contribution < -0.4 is 4.74 Å². The predicted molar refractivity (Wildman–Crippen MR) is 117 cm³/mol. The number of rotatable bonds is 6. The number of carbonyl (C=O) groups excluding carboxylic acids is 1. The molecule has 0 aliphatic rings. The third-order valence-corrected chi connectivity index (χ3v) is 5.65. The maximum Gasteiger partial charge on any atom is 0.328 e. The van der Waals surface area contributed by atoms with E-state index in [-0.39, 0.29) is 5.75 Å². The van der Waals surface area contributed by atoms with E-state index >= 15 is 0 Å². The van der Waals surface area contributed by atoms with E-state index in [4.69, 9.17) is 9.84 Å². The van der Waals surface area contributed by atoms with Crippen LogP contribution in [0.5, 0.6) is 17.2 Å². The lowest BCUT2D eigenvalue weighted by Gasteiger charge is -2.10. The molecule has 3 aromatic carbocycles. The van der Waals surface area contributed by atoms with Crippen LogP contribution in [0.15, 0.2) is 72.8 Å². The molecule has 4 rings (SSSR count). The Morgan fingerprint density at radius 3 is 2.50 bits per heavy atom. The molecule has 0 aliphatic heterocycles. The molecule has 5 nitrogen and oxygen atoms in total. The lowest BCUT2D eigenvalue weighted by Crippen LogP contribution is -1.89. The number of ether oxygens (including phenoxy) is 1. The number of aldehydes is 1. The highest BCUT2D eigenvalue weighted by molar-refractivity contribution is 7.22. The van der Waals surface area contributed by atoms with Gasteiger partial charge in [0.05, 0.1) is 4.88 Å². The molecule has 4 aromatic rings. The summed E-state index contributed by atoms with van der Waals surface area (Å²) in [6, 6.07) is 19.3. The lowest BCUT2D eigenvalue weighted by atomic mass is 10.1. The number of carbonyl (C=O) groups is 2. The van der Waals surface area contributed by atoms with Crippen LogP contribution in [0.2, 0.25) is 0 Å². The maximum atomic E-state index is 11.6. The van der Waals surface area contributed by atoms with Gasteiger partial charge in [-0.25, -0.2) is 4.79 Å². The molecule has 0 aliphatic carbocycles. The summed E-state index contributed by atoms with van der Waals surface area (Å²) in [5.74, 6) is 0.306. The summed E-state index contributed by atoms with van der Waals surface area (Å²) in [5, 5.41) is 19.4. The van der Waals surface area contributed by atoms with Gasteiger partial charge in [0.15, 0.2) is 12.0 Å². The number of aromatic hydroxyl groups is 1. The first-order valence-electron chi connectivity index (χ1n) is 9.04. The minimum atomic E-state index is -1.01. The van der Waals surface area contributed by atoms with Crippen LogP contribution in [0, 0.1) is 0 Å². The van der Waals surface area contributed by atoms with Gasteiger partial charge in [0.1, 0.15) is 11.5 Å². The molecule has 0 saturated carbocycles. The minimum absolute atomic E-state index is 0.153. The van der Waals surface area contributed by atoms with Gasteiger partial charge in [-0.05, 0) is 42.0 Å². The molecule has 0 unspecified atom stereocenters. The Morgan fingerprint density at radius 2 is 1.77 bits per heavy atom. The molecule has 2 N–H and O–H groups in total. The molecule has 0 saturated heterocycles. The predicted octanol–water partition coefficient (Wildman–Crippen LogP) is 5.98.